The SMILES string of the molecule is Cc1cccc(C)c1NC(=O)C[NH+](C)CC(=O)N1CC[NH+](CC(=O)NC(C)C)CC1. The molecule has 1 aromatic carbocycles. The first-order valence-corrected chi connectivity index (χ1v) is 10.7. The zero-order valence-electron chi connectivity index (χ0n) is 18.9. The molecule has 30 heavy (non-hydrogen) atoms. The first-order valence-electron chi connectivity index (χ1n) is 10.7. The molecule has 1 heterocycles. The van der Waals surface area contributed by atoms with E-state index in [2.05, 4.69) is 10.6 Å². The third kappa shape index (κ3) is 7.42. The fourth-order valence-corrected chi connectivity index (χ4v) is 3.75. The van der Waals surface area contributed by atoms with E-state index in [1.165, 1.54) is 4.90 Å². The van der Waals surface area contributed by atoms with Crippen molar-refractivity contribution in [2.45, 2.75) is 33.7 Å². The van der Waals surface area contributed by atoms with Crippen LogP contribution in [0.15, 0.2) is 18.2 Å². The molecule has 0 radical (unpaired) electrons. The van der Waals surface area contributed by atoms with Crippen molar-refractivity contribution in [3.63, 3.8) is 0 Å². The average Bonchev–Trinajstić information content (AvgIpc) is 2.64. The minimum Gasteiger partial charge on any atom is -0.349 e. The van der Waals surface area contributed by atoms with Crippen LogP contribution in [-0.4, -0.2) is 81.5 Å². The number of nitrogens with zero attached hydrogens (tertiary/aromatic N) is 1. The lowest BCUT2D eigenvalue weighted by atomic mass is 10.1. The van der Waals surface area contributed by atoms with Crippen molar-refractivity contribution < 1.29 is 24.2 Å². The van der Waals surface area contributed by atoms with Gasteiger partial charge >= 0.3 is 0 Å². The molecule has 1 atom stereocenters. The number of likely N-dealkylation sites (N-methyl/N-ethyl adjacent to an activating group) is 1. The normalized spacial score (nSPS) is 15.7. The molecule has 166 valence electrons. The van der Waals surface area contributed by atoms with E-state index in [0.717, 1.165) is 34.8 Å². The van der Waals surface area contributed by atoms with Gasteiger partial charge in [0.15, 0.2) is 19.6 Å². The van der Waals surface area contributed by atoms with Gasteiger partial charge in [-0.25, -0.2) is 0 Å². The standard InChI is InChI=1S/C22H35N5O3/c1-16(2)23-20(29)14-26-9-11-27(12-10-26)21(30)15-25(5)13-19(28)24-22-17(3)7-6-8-18(22)4/h6-8,16H,9-15H2,1-5H3,(H,23,29)(H,24,28)/p+2. The molecule has 8 nitrogen and oxygen atoms in total. The van der Waals surface area contributed by atoms with Crippen LogP contribution in [0.1, 0.15) is 25.0 Å². The maximum atomic E-state index is 12.6. The highest BCUT2D eigenvalue weighted by molar-refractivity contribution is 5.93. The molecule has 1 fully saturated rings. The summed E-state index contributed by atoms with van der Waals surface area (Å²) in [6, 6.07) is 6.05. The molecule has 1 aromatic rings. The average molecular weight is 420 g/mol. The summed E-state index contributed by atoms with van der Waals surface area (Å²) in [7, 11) is 1.86. The van der Waals surface area contributed by atoms with E-state index in [9.17, 15) is 14.4 Å². The summed E-state index contributed by atoms with van der Waals surface area (Å²) in [5, 5.41) is 5.88. The second kappa shape index (κ2) is 11.1. The molecule has 0 bridgehead atoms. The highest BCUT2D eigenvalue weighted by atomic mass is 16.2. The first-order chi connectivity index (χ1) is 14.2. The summed E-state index contributed by atoms with van der Waals surface area (Å²) in [6.07, 6.45) is 0. The van der Waals surface area contributed by atoms with Crippen molar-refractivity contribution in [2.75, 3.05) is 58.2 Å². The van der Waals surface area contributed by atoms with Crippen molar-refractivity contribution >= 4 is 23.4 Å². The van der Waals surface area contributed by atoms with Crippen LogP contribution in [0.2, 0.25) is 0 Å². The van der Waals surface area contributed by atoms with Crippen LogP contribution in [0.5, 0.6) is 0 Å². The lowest BCUT2D eigenvalue weighted by Crippen LogP contribution is -3.16. The Morgan fingerprint density at radius 1 is 1.07 bits per heavy atom. The summed E-state index contributed by atoms with van der Waals surface area (Å²) >= 11 is 0. The van der Waals surface area contributed by atoms with E-state index in [1.807, 2.05) is 57.8 Å². The number of benzene rings is 1. The Balaban J connectivity index is 1.74. The third-order valence-corrected chi connectivity index (χ3v) is 5.34. The summed E-state index contributed by atoms with van der Waals surface area (Å²) in [4.78, 5) is 40.8. The van der Waals surface area contributed by atoms with E-state index in [4.69, 9.17) is 0 Å². The molecule has 1 unspecified atom stereocenters. The van der Waals surface area contributed by atoms with Gasteiger partial charge < -0.3 is 25.3 Å². The number of carbonyl (C=O) groups is 3. The molecular weight excluding hydrogens is 382 g/mol. The smallest absolute Gasteiger partial charge is 0.279 e. The lowest BCUT2D eigenvalue weighted by Gasteiger charge is -2.32. The van der Waals surface area contributed by atoms with Crippen LogP contribution in [0.3, 0.4) is 0 Å². The van der Waals surface area contributed by atoms with E-state index in [-0.39, 0.29) is 36.9 Å². The largest absolute Gasteiger partial charge is 0.349 e. The molecule has 0 spiro atoms. The molecule has 2 rings (SSSR count). The maximum absolute atomic E-state index is 12.6. The second-order valence-corrected chi connectivity index (χ2v) is 8.66. The Bertz CT molecular complexity index is 737. The summed E-state index contributed by atoms with van der Waals surface area (Å²) in [5.74, 6) is 0.0139. The molecule has 0 aromatic heterocycles. The number of nitrogens with one attached hydrogen (secondary N) is 4. The number of rotatable bonds is 8. The lowest BCUT2D eigenvalue weighted by molar-refractivity contribution is -0.896. The zero-order chi connectivity index (χ0) is 22.3. The van der Waals surface area contributed by atoms with Crippen molar-refractivity contribution in [2.24, 2.45) is 0 Å². The summed E-state index contributed by atoms with van der Waals surface area (Å²) < 4.78 is 0. The van der Waals surface area contributed by atoms with E-state index in [0.29, 0.717) is 19.6 Å². The van der Waals surface area contributed by atoms with Crippen molar-refractivity contribution in [3.8, 4) is 0 Å². The van der Waals surface area contributed by atoms with Gasteiger partial charge in [0.25, 0.3) is 17.7 Å². The number of para-hydroxylation sites is 1. The van der Waals surface area contributed by atoms with Gasteiger partial charge in [-0.05, 0) is 38.8 Å². The van der Waals surface area contributed by atoms with Crippen LogP contribution >= 0.6 is 0 Å². The summed E-state index contributed by atoms with van der Waals surface area (Å²) in [5.41, 5.74) is 2.90. The number of hydrogen-bond donors (Lipinski definition) is 4. The predicted octanol–water partition coefficient (Wildman–Crippen LogP) is -1.99. The Kier molecular flexibility index (Phi) is 8.80. The molecule has 1 saturated heterocycles. The van der Waals surface area contributed by atoms with Gasteiger partial charge in [0.1, 0.15) is 0 Å². The number of hydrogen-bond acceptors (Lipinski definition) is 3. The minimum atomic E-state index is -0.0943. The Morgan fingerprint density at radius 3 is 2.23 bits per heavy atom. The first kappa shape index (κ1) is 23.8. The number of carbonyl (C=O) groups excluding carboxylic acids is 3. The zero-order valence-corrected chi connectivity index (χ0v) is 18.9. The Morgan fingerprint density at radius 2 is 1.67 bits per heavy atom. The van der Waals surface area contributed by atoms with Gasteiger partial charge in [0.2, 0.25) is 0 Å². The van der Waals surface area contributed by atoms with Crippen LogP contribution in [0, 0.1) is 13.8 Å². The third-order valence-electron chi connectivity index (χ3n) is 5.34. The van der Waals surface area contributed by atoms with Gasteiger partial charge in [-0.2, -0.15) is 0 Å². The highest BCUT2D eigenvalue weighted by Crippen LogP contribution is 2.18. The van der Waals surface area contributed by atoms with Gasteiger partial charge in [-0.1, -0.05) is 18.2 Å². The fraction of sp³-hybridized carbons (Fsp3) is 0.591. The molecule has 0 saturated carbocycles. The van der Waals surface area contributed by atoms with Gasteiger partial charge in [0.05, 0.1) is 33.2 Å². The monoisotopic (exact) mass is 419 g/mol. The van der Waals surface area contributed by atoms with Gasteiger partial charge in [0, 0.05) is 11.7 Å². The Hall–Kier alpha value is -2.45. The fourth-order valence-electron chi connectivity index (χ4n) is 3.75. The van der Waals surface area contributed by atoms with Gasteiger partial charge in [-0.15, -0.1) is 0 Å². The van der Waals surface area contributed by atoms with Crippen LogP contribution in [-0.2, 0) is 14.4 Å². The molecule has 4 N–H and O–H groups in total. The van der Waals surface area contributed by atoms with E-state index >= 15 is 0 Å². The molecule has 1 aliphatic rings. The number of anilines is 1. The van der Waals surface area contributed by atoms with Gasteiger partial charge in [-0.3, -0.25) is 14.4 Å². The number of quaternary nitrogens is 2. The molecule has 0 aliphatic carbocycles. The van der Waals surface area contributed by atoms with E-state index < -0.39 is 0 Å². The molecular formula is C22H37N5O3+2. The topological polar surface area (TPSA) is 87.4 Å². The van der Waals surface area contributed by atoms with E-state index in [1.54, 1.807) is 0 Å². The number of piperazine rings is 1. The van der Waals surface area contributed by atoms with Crippen LogP contribution in [0.25, 0.3) is 0 Å². The molecule has 3 amide bonds. The maximum Gasteiger partial charge on any atom is 0.279 e. The quantitative estimate of drug-likeness (QED) is 0.394. The number of aryl methyl sites for hydroxylation is 2. The van der Waals surface area contributed by atoms with Crippen LogP contribution in [0.4, 0.5) is 5.69 Å². The Labute approximate surface area is 179 Å². The second-order valence-electron chi connectivity index (χ2n) is 8.66. The number of amides is 3. The van der Waals surface area contributed by atoms with Crippen molar-refractivity contribution in [3.05, 3.63) is 29.3 Å². The predicted molar refractivity (Wildman–Crippen MR) is 117 cm³/mol. The molecule has 1 aliphatic heterocycles. The van der Waals surface area contributed by atoms with Crippen molar-refractivity contribution in [1.82, 2.24) is 10.2 Å². The van der Waals surface area contributed by atoms with Crippen LogP contribution < -0.4 is 20.4 Å². The summed E-state index contributed by atoms with van der Waals surface area (Å²) in [6.45, 7) is 11.6. The van der Waals surface area contributed by atoms with Crippen molar-refractivity contribution in [1.29, 1.82) is 0 Å². The highest BCUT2D eigenvalue weighted by Gasteiger charge is 2.27. The molecule has 8 heteroatoms. The minimum absolute atomic E-state index is 0.0538.